The molecule has 2 atom stereocenters. The van der Waals surface area contributed by atoms with Crippen LogP contribution in [0.5, 0.6) is 5.75 Å². The van der Waals surface area contributed by atoms with E-state index in [9.17, 15) is 10.3 Å². The number of aliphatic imine (C=N–C) groups is 1. The van der Waals surface area contributed by atoms with E-state index in [1.807, 2.05) is 71.7 Å². The molecule has 1 amide bonds. The van der Waals surface area contributed by atoms with Crippen LogP contribution in [0.2, 0.25) is 0 Å². The lowest BCUT2D eigenvalue weighted by Gasteiger charge is -2.35. The van der Waals surface area contributed by atoms with Gasteiger partial charge in [0.2, 0.25) is 5.90 Å². The molecule has 0 unspecified atom stereocenters. The fraction of sp³-hybridized carbons (Fsp3) is 0.355. The molecule has 1 saturated heterocycles. The number of hydrazine groups is 1. The highest BCUT2D eigenvalue weighted by Crippen LogP contribution is 2.43. The number of rotatable bonds is 11. The van der Waals surface area contributed by atoms with Gasteiger partial charge in [-0.05, 0) is 53.8 Å². The highest BCUT2D eigenvalue weighted by atomic mass is 16.5. The van der Waals surface area contributed by atoms with Crippen LogP contribution < -0.4 is 10.2 Å². The molecule has 41 heavy (non-hydrogen) atoms. The van der Waals surface area contributed by atoms with Crippen molar-refractivity contribution in [2.75, 3.05) is 26.3 Å². The molecule has 2 N–H and O–H groups in total. The van der Waals surface area contributed by atoms with E-state index in [4.69, 9.17) is 19.6 Å². The molecule has 2 aliphatic heterocycles. The van der Waals surface area contributed by atoms with E-state index in [2.05, 4.69) is 15.5 Å². The van der Waals surface area contributed by atoms with E-state index < -0.39 is 11.6 Å². The van der Waals surface area contributed by atoms with Crippen molar-refractivity contribution in [2.45, 2.75) is 43.7 Å². The van der Waals surface area contributed by atoms with E-state index in [0.29, 0.717) is 41.5 Å². The van der Waals surface area contributed by atoms with Crippen molar-refractivity contribution in [3.05, 3.63) is 106 Å². The number of carbonyl (C=O) groups is 1. The quantitative estimate of drug-likeness (QED) is 0.142. The molecule has 3 aromatic rings. The molecule has 0 bridgehead atoms. The summed E-state index contributed by atoms with van der Waals surface area (Å²) in [5.41, 5.74) is 13.6. The minimum atomic E-state index is -1.38. The van der Waals surface area contributed by atoms with Gasteiger partial charge in [0, 0.05) is 48.7 Å². The Labute approximate surface area is 239 Å². The van der Waals surface area contributed by atoms with Gasteiger partial charge in [-0.2, -0.15) is 0 Å². The Hall–Kier alpha value is -4.37. The Bertz CT molecular complexity index is 1400. The SMILES string of the molecule is [N-]=[N+]=Nc1ccccc1C[C@]1(C(=O)NN2CCCCC2)N=C(c2ccc(OCCCO)cc2)O[C@H]1c1ccccc1. The largest absolute Gasteiger partial charge is 0.494 e. The molecule has 2 heterocycles. The second kappa shape index (κ2) is 13.3. The minimum absolute atomic E-state index is 0.0635. The topological polar surface area (TPSA) is 132 Å². The summed E-state index contributed by atoms with van der Waals surface area (Å²) in [6, 6.07) is 24.2. The van der Waals surface area contributed by atoms with Crippen molar-refractivity contribution in [1.29, 1.82) is 0 Å². The normalized spacial score (nSPS) is 20.4. The van der Waals surface area contributed by atoms with Gasteiger partial charge in [-0.25, -0.2) is 10.0 Å². The highest BCUT2D eigenvalue weighted by Gasteiger charge is 2.54. The van der Waals surface area contributed by atoms with Gasteiger partial charge >= 0.3 is 0 Å². The minimum Gasteiger partial charge on any atom is -0.494 e. The summed E-state index contributed by atoms with van der Waals surface area (Å²) in [5.74, 6) is 0.733. The first-order valence-corrected chi connectivity index (χ1v) is 14.0. The summed E-state index contributed by atoms with van der Waals surface area (Å²) in [4.78, 5) is 22.4. The number of nitrogens with one attached hydrogen (secondary N) is 1. The van der Waals surface area contributed by atoms with Gasteiger partial charge < -0.3 is 14.6 Å². The van der Waals surface area contributed by atoms with E-state index >= 15 is 0 Å². The molecule has 212 valence electrons. The number of ether oxygens (including phenoxy) is 2. The van der Waals surface area contributed by atoms with Crippen LogP contribution in [-0.2, 0) is 16.0 Å². The third-order valence-corrected chi connectivity index (χ3v) is 7.35. The number of hydrogen-bond acceptors (Lipinski definition) is 7. The van der Waals surface area contributed by atoms with Crippen LogP contribution in [0.3, 0.4) is 0 Å². The number of azide groups is 1. The molecule has 0 saturated carbocycles. The van der Waals surface area contributed by atoms with Crippen LogP contribution in [0.4, 0.5) is 5.69 Å². The van der Waals surface area contributed by atoms with Gasteiger partial charge in [-0.1, -0.05) is 66.1 Å². The molecular formula is C31H34N6O4. The van der Waals surface area contributed by atoms with E-state index in [1.165, 1.54) is 0 Å². The molecule has 0 aromatic heterocycles. The van der Waals surface area contributed by atoms with Crippen molar-refractivity contribution < 1.29 is 19.4 Å². The zero-order valence-electron chi connectivity index (χ0n) is 22.9. The summed E-state index contributed by atoms with van der Waals surface area (Å²) in [7, 11) is 0. The maximum absolute atomic E-state index is 14.4. The standard InChI is InChI=1S/C31H34N6O4/c32-36-34-27-13-6-5-12-25(27)22-31(30(39)35-37-18-7-2-8-19-37)28(23-10-3-1-4-11-23)41-29(33-31)24-14-16-26(17-15-24)40-21-9-20-38/h1,3-6,10-17,28,38H,2,7-9,18-22H2,(H,35,39)/t28-,31-/m0/s1. The fourth-order valence-electron chi connectivity index (χ4n) is 5.25. The Morgan fingerprint density at radius 1 is 1.07 bits per heavy atom. The zero-order chi connectivity index (χ0) is 28.5. The van der Waals surface area contributed by atoms with Crippen LogP contribution in [0, 0.1) is 0 Å². The first-order valence-electron chi connectivity index (χ1n) is 14.0. The Morgan fingerprint density at radius 3 is 2.54 bits per heavy atom. The molecular weight excluding hydrogens is 520 g/mol. The second-order valence-electron chi connectivity index (χ2n) is 10.2. The van der Waals surface area contributed by atoms with Gasteiger partial charge in [-0.3, -0.25) is 10.2 Å². The lowest BCUT2D eigenvalue weighted by atomic mass is 9.81. The van der Waals surface area contributed by atoms with E-state index in [0.717, 1.165) is 37.9 Å². The van der Waals surface area contributed by atoms with Crippen molar-refractivity contribution in [2.24, 2.45) is 10.1 Å². The van der Waals surface area contributed by atoms with Crippen molar-refractivity contribution in [3.63, 3.8) is 0 Å². The smallest absolute Gasteiger partial charge is 0.266 e. The average Bonchev–Trinajstić information content (AvgIpc) is 3.40. The van der Waals surface area contributed by atoms with E-state index in [1.54, 1.807) is 12.1 Å². The number of aliphatic hydroxyl groups is 1. The van der Waals surface area contributed by atoms with Crippen LogP contribution in [0.25, 0.3) is 10.4 Å². The lowest BCUT2D eigenvalue weighted by molar-refractivity contribution is -0.134. The number of amides is 1. The Balaban J connectivity index is 1.58. The number of piperidine rings is 1. The molecule has 2 aliphatic rings. The number of carbonyl (C=O) groups excluding carboxylic acids is 1. The number of benzene rings is 3. The number of aliphatic hydroxyl groups excluding tert-OH is 1. The summed E-state index contributed by atoms with van der Waals surface area (Å²) >= 11 is 0. The second-order valence-corrected chi connectivity index (χ2v) is 10.2. The predicted molar refractivity (Wildman–Crippen MR) is 156 cm³/mol. The first kappa shape index (κ1) is 28.2. The highest BCUT2D eigenvalue weighted by molar-refractivity contribution is 6.01. The molecule has 1 fully saturated rings. The predicted octanol–water partition coefficient (Wildman–Crippen LogP) is 5.41. The molecule has 0 aliphatic carbocycles. The lowest BCUT2D eigenvalue weighted by Crippen LogP contribution is -2.56. The Morgan fingerprint density at radius 2 is 1.80 bits per heavy atom. The van der Waals surface area contributed by atoms with Gasteiger partial charge in [-0.15, -0.1) is 0 Å². The van der Waals surface area contributed by atoms with Crippen molar-refractivity contribution in [3.8, 4) is 5.75 Å². The van der Waals surface area contributed by atoms with E-state index in [-0.39, 0.29) is 18.9 Å². The summed E-state index contributed by atoms with van der Waals surface area (Å²) < 4.78 is 12.2. The zero-order valence-corrected chi connectivity index (χ0v) is 22.9. The molecule has 10 nitrogen and oxygen atoms in total. The summed E-state index contributed by atoms with van der Waals surface area (Å²) in [6.45, 7) is 2.01. The third-order valence-electron chi connectivity index (χ3n) is 7.35. The fourth-order valence-corrected chi connectivity index (χ4v) is 5.25. The number of hydrogen-bond donors (Lipinski definition) is 2. The van der Waals surface area contributed by atoms with Gasteiger partial charge in [0.25, 0.3) is 5.91 Å². The average molecular weight is 555 g/mol. The molecule has 10 heteroatoms. The maximum atomic E-state index is 14.4. The molecule has 0 spiro atoms. The summed E-state index contributed by atoms with van der Waals surface area (Å²) in [5, 5.41) is 14.9. The summed E-state index contributed by atoms with van der Waals surface area (Å²) in [6.07, 6.45) is 3.12. The molecule has 5 rings (SSSR count). The van der Waals surface area contributed by atoms with Gasteiger partial charge in [0.05, 0.1) is 6.61 Å². The maximum Gasteiger partial charge on any atom is 0.266 e. The van der Waals surface area contributed by atoms with Crippen LogP contribution in [-0.4, -0.2) is 53.8 Å². The van der Waals surface area contributed by atoms with Crippen LogP contribution >= 0.6 is 0 Å². The van der Waals surface area contributed by atoms with Crippen molar-refractivity contribution in [1.82, 2.24) is 10.4 Å². The first-order chi connectivity index (χ1) is 20.1. The number of nitrogens with zero attached hydrogens (tertiary/aromatic N) is 5. The molecule has 3 aromatic carbocycles. The van der Waals surface area contributed by atoms with Crippen LogP contribution in [0.15, 0.2) is 89.0 Å². The van der Waals surface area contributed by atoms with Gasteiger partial charge in [0.15, 0.2) is 11.6 Å². The van der Waals surface area contributed by atoms with Crippen molar-refractivity contribution >= 4 is 17.5 Å². The van der Waals surface area contributed by atoms with Gasteiger partial charge in [0.1, 0.15) is 5.75 Å². The monoisotopic (exact) mass is 554 g/mol. The molecule has 0 radical (unpaired) electrons. The Kier molecular flexibility index (Phi) is 9.15. The van der Waals surface area contributed by atoms with Crippen LogP contribution in [0.1, 0.15) is 48.5 Å². The third kappa shape index (κ3) is 6.52.